The smallest absolute Gasteiger partial charge is 0.331 e. The standard InChI is InChI=1S/C28H31NO4Si/c1-28(2,3)34(22-10-6-4-7-11-22,23-12-8-5-9-13-23)32-19-21-15-14-20-18-26(31)33-27(20)24-16-17-25(30)29(21)24/h4-15,18,21,24,27H,16-17,19H2,1-3H3/t21-,24-,27-/m1/s1. The van der Waals surface area contributed by atoms with Crippen LogP contribution >= 0.6 is 0 Å². The van der Waals surface area contributed by atoms with E-state index >= 15 is 0 Å². The zero-order valence-corrected chi connectivity index (χ0v) is 20.9. The van der Waals surface area contributed by atoms with E-state index in [4.69, 9.17) is 9.16 Å². The lowest BCUT2D eigenvalue weighted by molar-refractivity contribution is -0.144. The molecule has 0 unspecified atom stereocenters. The van der Waals surface area contributed by atoms with Gasteiger partial charge < -0.3 is 14.1 Å². The maximum absolute atomic E-state index is 13.0. The minimum Gasteiger partial charge on any atom is -0.452 e. The summed E-state index contributed by atoms with van der Waals surface area (Å²) in [5.74, 6) is -0.235. The fourth-order valence-electron chi connectivity index (χ4n) is 5.76. The second-order valence-electron chi connectivity index (χ2n) is 10.3. The van der Waals surface area contributed by atoms with Crippen molar-refractivity contribution in [2.45, 2.75) is 56.8 Å². The van der Waals surface area contributed by atoms with E-state index in [0.29, 0.717) is 19.4 Å². The summed E-state index contributed by atoms with van der Waals surface area (Å²) < 4.78 is 12.7. The molecule has 2 aromatic carbocycles. The normalized spacial score (nSPS) is 24.4. The summed E-state index contributed by atoms with van der Waals surface area (Å²) >= 11 is 0. The summed E-state index contributed by atoms with van der Waals surface area (Å²) in [6.45, 7) is 7.14. The molecular weight excluding hydrogens is 442 g/mol. The maximum Gasteiger partial charge on any atom is 0.331 e. The first-order valence-electron chi connectivity index (χ1n) is 12.0. The molecule has 1 saturated heterocycles. The highest BCUT2D eigenvalue weighted by Gasteiger charge is 2.52. The first-order valence-corrected chi connectivity index (χ1v) is 13.9. The molecule has 2 aromatic rings. The molecule has 5 rings (SSSR count). The van der Waals surface area contributed by atoms with Crippen LogP contribution < -0.4 is 10.4 Å². The highest BCUT2D eigenvalue weighted by molar-refractivity contribution is 6.99. The fourth-order valence-corrected chi connectivity index (χ4v) is 10.3. The predicted octanol–water partition coefficient (Wildman–Crippen LogP) is 3.34. The molecule has 0 saturated carbocycles. The van der Waals surface area contributed by atoms with E-state index in [2.05, 4.69) is 69.3 Å². The monoisotopic (exact) mass is 473 g/mol. The molecule has 6 heteroatoms. The number of hydrogen-bond acceptors (Lipinski definition) is 4. The number of fused-ring (bicyclic) bond motifs is 3. The fraction of sp³-hybridized carbons (Fsp3) is 0.357. The van der Waals surface area contributed by atoms with Gasteiger partial charge in [-0.1, -0.05) is 93.6 Å². The van der Waals surface area contributed by atoms with Crippen LogP contribution in [0.1, 0.15) is 33.6 Å². The van der Waals surface area contributed by atoms with Crippen molar-refractivity contribution in [3.8, 4) is 0 Å². The van der Waals surface area contributed by atoms with Crippen molar-refractivity contribution in [3.05, 3.63) is 84.5 Å². The number of amides is 1. The van der Waals surface area contributed by atoms with E-state index < -0.39 is 8.32 Å². The lowest BCUT2D eigenvalue weighted by Crippen LogP contribution is -2.67. The van der Waals surface area contributed by atoms with Crippen LogP contribution in [0, 0.1) is 0 Å². The van der Waals surface area contributed by atoms with Gasteiger partial charge in [0.05, 0.1) is 18.7 Å². The molecule has 0 aliphatic carbocycles. The first kappa shape index (κ1) is 22.8. The predicted molar refractivity (Wildman–Crippen MR) is 134 cm³/mol. The van der Waals surface area contributed by atoms with Crippen molar-refractivity contribution in [1.29, 1.82) is 0 Å². The zero-order chi connectivity index (χ0) is 23.9. The van der Waals surface area contributed by atoms with Crippen molar-refractivity contribution in [2.24, 2.45) is 0 Å². The molecule has 1 amide bonds. The quantitative estimate of drug-likeness (QED) is 0.494. The Morgan fingerprint density at radius 1 is 1.00 bits per heavy atom. The Balaban J connectivity index is 1.55. The van der Waals surface area contributed by atoms with E-state index in [1.54, 1.807) is 6.08 Å². The Hall–Kier alpha value is -2.96. The van der Waals surface area contributed by atoms with Crippen molar-refractivity contribution in [1.82, 2.24) is 4.90 Å². The van der Waals surface area contributed by atoms with Gasteiger partial charge in [-0.3, -0.25) is 4.79 Å². The SMILES string of the molecule is CC(C)(C)[Si](OC[C@H]1C=CC2=CC(=O)O[C@H]2[C@H]2CCC(=O)N12)(c1ccccc1)c1ccccc1. The van der Waals surface area contributed by atoms with E-state index in [0.717, 1.165) is 5.57 Å². The average molecular weight is 474 g/mol. The number of rotatable bonds is 5. The Morgan fingerprint density at radius 3 is 2.21 bits per heavy atom. The summed E-state index contributed by atoms with van der Waals surface area (Å²) in [7, 11) is -2.73. The van der Waals surface area contributed by atoms with Crippen LogP contribution in [0.15, 0.2) is 84.5 Å². The first-order chi connectivity index (χ1) is 16.3. The Kier molecular flexibility index (Phi) is 5.82. The van der Waals surface area contributed by atoms with Crippen LogP contribution in [0.3, 0.4) is 0 Å². The molecule has 0 spiro atoms. The molecule has 3 aliphatic heterocycles. The molecule has 0 radical (unpaired) electrons. The molecule has 0 bridgehead atoms. The molecule has 1 fully saturated rings. The van der Waals surface area contributed by atoms with Crippen LogP contribution in [-0.2, 0) is 18.8 Å². The summed E-state index contributed by atoms with van der Waals surface area (Å²) in [5.41, 5.74) is 0.850. The van der Waals surface area contributed by atoms with Crippen LogP contribution in [-0.4, -0.2) is 49.9 Å². The summed E-state index contributed by atoms with van der Waals surface area (Å²) in [6, 6.07) is 20.7. The number of ether oxygens (including phenoxy) is 1. The summed E-state index contributed by atoms with van der Waals surface area (Å²) in [4.78, 5) is 26.8. The highest BCUT2D eigenvalue weighted by atomic mass is 28.4. The zero-order valence-electron chi connectivity index (χ0n) is 19.9. The van der Waals surface area contributed by atoms with Gasteiger partial charge in [0.25, 0.3) is 8.32 Å². The minimum atomic E-state index is -2.73. The lowest BCUT2D eigenvalue weighted by atomic mass is 10.0. The van der Waals surface area contributed by atoms with Crippen molar-refractivity contribution in [3.63, 3.8) is 0 Å². The Morgan fingerprint density at radius 2 is 1.62 bits per heavy atom. The minimum absolute atomic E-state index is 0.0925. The number of benzene rings is 2. The molecule has 176 valence electrons. The van der Waals surface area contributed by atoms with Crippen LogP contribution in [0.5, 0.6) is 0 Å². The second kappa shape index (κ2) is 8.67. The van der Waals surface area contributed by atoms with Crippen LogP contribution in [0.2, 0.25) is 5.04 Å². The van der Waals surface area contributed by atoms with Gasteiger partial charge in [0.2, 0.25) is 5.91 Å². The molecule has 3 aliphatic rings. The Bertz CT molecular complexity index is 1100. The van der Waals surface area contributed by atoms with Gasteiger partial charge in [-0.25, -0.2) is 4.79 Å². The third kappa shape index (κ3) is 3.75. The van der Waals surface area contributed by atoms with Crippen molar-refractivity contribution in [2.75, 3.05) is 6.61 Å². The van der Waals surface area contributed by atoms with E-state index in [1.807, 2.05) is 29.2 Å². The molecule has 34 heavy (non-hydrogen) atoms. The number of carbonyl (C=O) groups is 2. The van der Waals surface area contributed by atoms with E-state index in [-0.39, 0.29) is 35.1 Å². The third-order valence-corrected chi connectivity index (χ3v) is 12.3. The van der Waals surface area contributed by atoms with Crippen molar-refractivity contribution >= 4 is 30.6 Å². The Labute approximate surface area is 202 Å². The van der Waals surface area contributed by atoms with Gasteiger partial charge in [-0.2, -0.15) is 0 Å². The number of carbonyl (C=O) groups excluding carboxylic acids is 2. The lowest BCUT2D eigenvalue weighted by Gasteiger charge is -2.44. The molecule has 0 aromatic heterocycles. The topological polar surface area (TPSA) is 55.8 Å². The number of hydrogen-bond donors (Lipinski definition) is 0. The maximum atomic E-state index is 13.0. The van der Waals surface area contributed by atoms with Gasteiger partial charge in [-0.15, -0.1) is 0 Å². The van der Waals surface area contributed by atoms with Gasteiger partial charge in [-0.05, 0) is 21.8 Å². The second-order valence-corrected chi connectivity index (χ2v) is 14.6. The van der Waals surface area contributed by atoms with Gasteiger partial charge in [0, 0.05) is 18.1 Å². The van der Waals surface area contributed by atoms with Gasteiger partial charge >= 0.3 is 5.97 Å². The highest BCUT2D eigenvalue weighted by Crippen LogP contribution is 2.39. The molecule has 3 atom stereocenters. The van der Waals surface area contributed by atoms with E-state index in [1.165, 1.54) is 10.4 Å². The van der Waals surface area contributed by atoms with E-state index in [9.17, 15) is 9.59 Å². The van der Waals surface area contributed by atoms with Gasteiger partial charge in [0.1, 0.15) is 6.10 Å². The molecule has 5 nitrogen and oxygen atoms in total. The molecule has 3 heterocycles. The van der Waals surface area contributed by atoms with Gasteiger partial charge in [0.15, 0.2) is 0 Å². The summed E-state index contributed by atoms with van der Waals surface area (Å²) in [5, 5.41) is 2.28. The molecule has 0 N–H and O–H groups in total. The molecular formula is C28H31NO4Si. The summed E-state index contributed by atoms with van der Waals surface area (Å²) in [6.07, 6.45) is 6.28. The van der Waals surface area contributed by atoms with Crippen molar-refractivity contribution < 1.29 is 18.8 Å². The van der Waals surface area contributed by atoms with Crippen LogP contribution in [0.4, 0.5) is 0 Å². The number of nitrogens with zero attached hydrogens (tertiary/aromatic N) is 1. The van der Waals surface area contributed by atoms with Crippen LogP contribution in [0.25, 0.3) is 0 Å². The largest absolute Gasteiger partial charge is 0.452 e. The number of esters is 1. The third-order valence-electron chi connectivity index (χ3n) is 7.26. The average Bonchev–Trinajstić information content (AvgIpc) is 3.34.